The Kier molecular flexibility index (Phi) is 2.91. The van der Waals surface area contributed by atoms with Crippen LogP contribution in [0.5, 0.6) is 0 Å². The number of aryl methyl sites for hydroxylation is 1. The van der Waals surface area contributed by atoms with Crippen LogP contribution in [0.3, 0.4) is 0 Å². The quantitative estimate of drug-likeness (QED) is 0.760. The first-order valence-electron chi connectivity index (χ1n) is 5.35. The summed E-state index contributed by atoms with van der Waals surface area (Å²) in [6.45, 7) is 2.10. The highest BCUT2D eigenvalue weighted by Crippen LogP contribution is 2.26. The molecule has 16 heavy (non-hydrogen) atoms. The van der Waals surface area contributed by atoms with E-state index in [2.05, 4.69) is 6.92 Å². The summed E-state index contributed by atoms with van der Waals surface area (Å²) in [5.41, 5.74) is 9.40. The van der Waals surface area contributed by atoms with Gasteiger partial charge in [-0.05, 0) is 35.7 Å². The van der Waals surface area contributed by atoms with Gasteiger partial charge >= 0.3 is 0 Å². The average molecular weight is 215 g/mol. The molecule has 0 bridgehead atoms. The highest BCUT2D eigenvalue weighted by Gasteiger charge is 2.03. The van der Waals surface area contributed by atoms with Crippen molar-refractivity contribution in [1.29, 1.82) is 0 Å². The highest BCUT2D eigenvalue weighted by atomic mass is 19.1. The van der Waals surface area contributed by atoms with Gasteiger partial charge < -0.3 is 5.73 Å². The Morgan fingerprint density at radius 2 is 1.75 bits per heavy atom. The predicted molar refractivity (Wildman–Crippen MR) is 65.6 cm³/mol. The molecule has 0 aliphatic rings. The van der Waals surface area contributed by atoms with E-state index in [1.165, 1.54) is 17.7 Å². The van der Waals surface area contributed by atoms with E-state index in [-0.39, 0.29) is 5.82 Å². The van der Waals surface area contributed by atoms with Crippen molar-refractivity contribution >= 4 is 5.69 Å². The molecule has 2 aromatic carbocycles. The molecule has 0 fully saturated rings. The summed E-state index contributed by atoms with van der Waals surface area (Å²) in [4.78, 5) is 0. The zero-order chi connectivity index (χ0) is 11.5. The van der Waals surface area contributed by atoms with Crippen LogP contribution in [-0.4, -0.2) is 0 Å². The van der Waals surface area contributed by atoms with Crippen molar-refractivity contribution in [3.05, 3.63) is 53.8 Å². The predicted octanol–water partition coefficient (Wildman–Crippen LogP) is 3.64. The molecule has 1 nitrogen and oxygen atoms in total. The van der Waals surface area contributed by atoms with Gasteiger partial charge in [0.1, 0.15) is 5.82 Å². The lowest BCUT2D eigenvalue weighted by Crippen LogP contribution is -1.91. The summed E-state index contributed by atoms with van der Waals surface area (Å²) in [6.07, 6.45) is 0.999. The van der Waals surface area contributed by atoms with Crippen LogP contribution in [0.4, 0.5) is 10.1 Å². The van der Waals surface area contributed by atoms with Crippen LogP contribution in [-0.2, 0) is 6.42 Å². The zero-order valence-electron chi connectivity index (χ0n) is 9.20. The van der Waals surface area contributed by atoms with E-state index >= 15 is 0 Å². The van der Waals surface area contributed by atoms with Gasteiger partial charge in [0, 0.05) is 11.3 Å². The van der Waals surface area contributed by atoms with Crippen LogP contribution in [0.2, 0.25) is 0 Å². The minimum absolute atomic E-state index is 0.260. The number of rotatable bonds is 2. The van der Waals surface area contributed by atoms with Gasteiger partial charge in [-0.25, -0.2) is 4.39 Å². The van der Waals surface area contributed by atoms with Gasteiger partial charge in [0.2, 0.25) is 0 Å². The van der Waals surface area contributed by atoms with E-state index in [4.69, 9.17) is 5.73 Å². The second-order valence-corrected chi connectivity index (χ2v) is 3.78. The van der Waals surface area contributed by atoms with Gasteiger partial charge in [0.15, 0.2) is 0 Å². The molecular weight excluding hydrogens is 201 g/mol. The molecule has 0 heterocycles. The van der Waals surface area contributed by atoms with Crippen LogP contribution >= 0.6 is 0 Å². The zero-order valence-corrected chi connectivity index (χ0v) is 9.20. The van der Waals surface area contributed by atoms with E-state index < -0.39 is 0 Å². The summed E-state index contributed by atoms with van der Waals surface area (Å²) in [5, 5.41) is 0. The summed E-state index contributed by atoms with van der Waals surface area (Å²) < 4.78 is 13.1. The summed E-state index contributed by atoms with van der Waals surface area (Å²) >= 11 is 0. The molecule has 2 rings (SSSR count). The number of hydrogen-bond donors (Lipinski definition) is 1. The molecular formula is C14H14FN. The van der Waals surface area contributed by atoms with Gasteiger partial charge in [0.25, 0.3) is 0 Å². The van der Waals surface area contributed by atoms with Crippen LogP contribution in [0.25, 0.3) is 11.1 Å². The first-order chi connectivity index (χ1) is 7.70. The molecule has 0 saturated carbocycles. The lowest BCUT2D eigenvalue weighted by molar-refractivity contribution is 0.628. The van der Waals surface area contributed by atoms with Crippen LogP contribution in [0.15, 0.2) is 42.5 Å². The molecule has 0 saturated heterocycles. The fraction of sp³-hybridized carbons (Fsp3) is 0.143. The van der Waals surface area contributed by atoms with Crippen LogP contribution < -0.4 is 5.73 Å². The number of halogens is 1. The normalized spacial score (nSPS) is 10.4. The van der Waals surface area contributed by atoms with E-state index in [0.717, 1.165) is 17.5 Å². The SMILES string of the molecule is CCc1ccc(-c2cc(F)ccc2N)cc1. The Labute approximate surface area is 94.7 Å². The largest absolute Gasteiger partial charge is 0.398 e. The molecule has 2 aromatic rings. The van der Waals surface area contributed by atoms with E-state index in [9.17, 15) is 4.39 Å². The van der Waals surface area contributed by atoms with E-state index in [1.54, 1.807) is 6.07 Å². The number of nitrogen functional groups attached to an aromatic ring is 1. The van der Waals surface area contributed by atoms with Crippen LogP contribution in [0, 0.1) is 5.82 Å². The molecule has 0 amide bonds. The van der Waals surface area contributed by atoms with E-state index in [0.29, 0.717) is 5.69 Å². The maximum Gasteiger partial charge on any atom is 0.123 e. The maximum absolute atomic E-state index is 13.1. The van der Waals surface area contributed by atoms with Gasteiger partial charge in [-0.2, -0.15) is 0 Å². The third-order valence-corrected chi connectivity index (χ3v) is 2.69. The molecule has 0 aromatic heterocycles. The molecule has 2 heteroatoms. The van der Waals surface area contributed by atoms with Crippen molar-refractivity contribution in [2.75, 3.05) is 5.73 Å². The standard InChI is InChI=1S/C14H14FN/c1-2-10-3-5-11(6-4-10)13-9-12(15)7-8-14(13)16/h3-9H,2,16H2,1H3. The van der Waals surface area contributed by atoms with Gasteiger partial charge in [-0.1, -0.05) is 31.2 Å². The van der Waals surface area contributed by atoms with Crippen molar-refractivity contribution in [2.24, 2.45) is 0 Å². The van der Waals surface area contributed by atoms with Crippen molar-refractivity contribution in [1.82, 2.24) is 0 Å². The monoisotopic (exact) mass is 215 g/mol. The van der Waals surface area contributed by atoms with Crippen molar-refractivity contribution < 1.29 is 4.39 Å². The van der Waals surface area contributed by atoms with Crippen LogP contribution in [0.1, 0.15) is 12.5 Å². The lowest BCUT2D eigenvalue weighted by atomic mass is 10.0. The Hall–Kier alpha value is -1.83. The first kappa shape index (κ1) is 10.7. The summed E-state index contributed by atoms with van der Waals surface area (Å²) in [5.74, 6) is -0.260. The summed E-state index contributed by atoms with van der Waals surface area (Å²) in [7, 11) is 0. The molecule has 0 atom stereocenters. The number of benzene rings is 2. The molecule has 82 valence electrons. The van der Waals surface area contributed by atoms with Gasteiger partial charge in [-0.3, -0.25) is 0 Å². The third-order valence-electron chi connectivity index (χ3n) is 2.69. The molecule has 0 spiro atoms. The maximum atomic E-state index is 13.1. The lowest BCUT2D eigenvalue weighted by Gasteiger charge is -2.06. The first-order valence-corrected chi connectivity index (χ1v) is 5.35. The second-order valence-electron chi connectivity index (χ2n) is 3.78. The Balaban J connectivity index is 2.45. The topological polar surface area (TPSA) is 26.0 Å². The van der Waals surface area contributed by atoms with Crippen molar-refractivity contribution in [2.45, 2.75) is 13.3 Å². The molecule has 0 aliphatic heterocycles. The van der Waals surface area contributed by atoms with Crippen molar-refractivity contribution in [3.8, 4) is 11.1 Å². The molecule has 2 N–H and O–H groups in total. The fourth-order valence-corrected chi connectivity index (χ4v) is 1.70. The minimum atomic E-state index is -0.260. The van der Waals surface area contributed by atoms with Crippen molar-refractivity contribution in [3.63, 3.8) is 0 Å². The second kappa shape index (κ2) is 4.35. The number of hydrogen-bond acceptors (Lipinski definition) is 1. The van der Waals surface area contributed by atoms with Gasteiger partial charge in [0.05, 0.1) is 0 Å². The van der Waals surface area contributed by atoms with Gasteiger partial charge in [-0.15, -0.1) is 0 Å². The average Bonchev–Trinajstić information content (AvgIpc) is 2.32. The Morgan fingerprint density at radius 3 is 2.38 bits per heavy atom. The Bertz CT molecular complexity index is 489. The third kappa shape index (κ3) is 2.06. The Morgan fingerprint density at radius 1 is 1.06 bits per heavy atom. The minimum Gasteiger partial charge on any atom is -0.398 e. The fourth-order valence-electron chi connectivity index (χ4n) is 1.70. The smallest absolute Gasteiger partial charge is 0.123 e. The highest BCUT2D eigenvalue weighted by molar-refractivity contribution is 5.76. The molecule has 0 aliphatic carbocycles. The number of nitrogens with two attached hydrogens (primary N) is 1. The van der Waals surface area contributed by atoms with E-state index in [1.807, 2.05) is 24.3 Å². The molecule has 0 unspecified atom stereocenters. The molecule has 0 radical (unpaired) electrons. The summed E-state index contributed by atoms with van der Waals surface area (Å²) in [6, 6.07) is 12.5. The number of anilines is 1.